The lowest BCUT2D eigenvalue weighted by atomic mass is 10.1. The van der Waals surface area contributed by atoms with Crippen molar-refractivity contribution < 1.29 is 4.79 Å². The van der Waals surface area contributed by atoms with Crippen LogP contribution in [0.2, 0.25) is 5.02 Å². The van der Waals surface area contributed by atoms with Crippen LogP contribution in [0.3, 0.4) is 0 Å². The van der Waals surface area contributed by atoms with Crippen LogP contribution in [0.15, 0.2) is 47.3 Å². The number of H-pyrrole nitrogens is 2. The minimum atomic E-state index is -0.230. The number of pyridine rings is 1. The summed E-state index contributed by atoms with van der Waals surface area (Å²) in [5.41, 5.74) is 3.26. The number of aromatic nitrogens is 3. The lowest BCUT2D eigenvalue weighted by molar-refractivity contribution is -0.127. The Morgan fingerprint density at radius 3 is 2.77 bits per heavy atom. The number of para-hydroxylation sites is 2. The van der Waals surface area contributed by atoms with E-state index < -0.39 is 0 Å². The maximum atomic E-state index is 13.1. The number of imidazole rings is 1. The number of aromatic amines is 2. The van der Waals surface area contributed by atoms with Crippen molar-refractivity contribution in [2.45, 2.75) is 19.3 Å². The molecule has 1 saturated heterocycles. The molecule has 2 aromatic carbocycles. The van der Waals surface area contributed by atoms with E-state index in [9.17, 15) is 9.59 Å². The summed E-state index contributed by atoms with van der Waals surface area (Å²) in [6, 6.07) is 13.1. The van der Waals surface area contributed by atoms with Crippen molar-refractivity contribution in [3.05, 3.63) is 57.8 Å². The maximum absolute atomic E-state index is 13.1. The molecule has 1 amide bonds. The van der Waals surface area contributed by atoms with Gasteiger partial charge in [-0.15, -0.1) is 0 Å². The zero-order valence-corrected chi connectivity index (χ0v) is 17.6. The average Bonchev–Trinajstić information content (AvgIpc) is 3.37. The SMILES string of the molecule is O=C1CCCN1CCCNc1c(-c2nc3ccccc3[nH]2)c(=O)[nH]c2ccc(Cl)cc12. The fourth-order valence-corrected chi connectivity index (χ4v) is 4.34. The largest absolute Gasteiger partial charge is 0.384 e. The van der Waals surface area contributed by atoms with Gasteiger partial charge in [0.1, 0.15) is 11.4 Å². The first-order valence-corrected chi connectivity index (χ1v) is 10.8. The third-order valence-electron chi connectivity index (χ3n) is 5.68. The van der Waals surface area contributed by atoms with Crippen LogP contribution in [-0.4, -0.2) is 45.4 Å². The molecule has 0 radical (unpaired) electrons. The summed E-state index contributed by atoms with van der Waals surface area (Å²) in [7, 11) is 0. The minimum absolute atomic E-state index is 0.219. The molecule has 8 heteroatoms. The van der Waals surface area contributed by atoms with Crippen LogP contribution >= 0.6 is 11.6 Å². The average molecular weight is 436 g/mol. The van der Waals surface area contributed by atoms with E-state index in [4.69, 9.17) is 11.6 Å². The molecule has 3 N–H and O–H groups in total. The van der Waals surface area contributed by atoms with Crippen molar-refractivity contribution in [3.63, 3.8) is 0 Å². The van der Waals surface area contributed by atoms with Crippen LogP contribution in [0, 0.1) is 0 Å². The third kappa shape index (κ3) is 3.77. The molecule has 3 heterocycles. The molecule has 1 aliphatic heterocycles. The lowest BCUT2D eigenvalue weighted by Crippen LogP contribution is -2.27. The minimum Gasteiger partial charge on any atom is -0.384 e. The van der Waals surface area contributed by atoms with Gasteiger partial charge in [-0.3, -0.25) is 9.59 Å². The normalized spacial score (nSPS) is 14.1. The van der Waals surface area contributed by atoms with Gasteiger partial charge in [-0.2, -0.15) is 0 Å². The maximum Gasteiger partial charge on any atom is 0.261 e. The molecule has 158 valence electrons. The van der Waals surface area contributed by atoms with Crippen LogP contribution in [0.25, 0.3) is 33.3 Å². The third-order valence-corrected chi connectivity index (χ3v) is 5.92. The second-order valence-electron chi connectivity index (χ2n) is 7.76. The predicted molar refractivity (Wildman–Crippen MR) is 124 cm³/mol. The Morgan fingerprint density at radius 1 is 1.10 bits per heavy atom. The molecule has 7 nitrogen and oxygen atoms in total. The number of nitrogens with one attached hydrogen (secondary N) is 3. The first-order chi connectivity index (χ1) is 15.1. The highest BCUT2D eigenvalue weighted by Gasteiger charge is 2.20. The summed E-state index contributed by atoms with van der Waals surface area (Å²) in [6.45, 7) is 2.14. The molecule has 4 aromatic rings. The second-order valence-corrected chi connectivity index (χ2v) is 8.20. The van der Waals surface area contributed by atoms with Crippen molar-refractivity contribution in [3.8, 4) is 11.4 Å². The van der Waals surface area contributed by atoms with Gasteiger partial charge in [0.2, 0.25) is 5.91 Å². The molecule has 0 bridgehead atoms. The summed E-state index contributed by atoms with van der Waals surface area (Å²) < 4.78 is 0. The molecule has 5 rings (SSSR count). The molecule has 0 aliphatic carbocycles. The summed E-state index contributed by atoms with van der Waals surface area (Å²) >= 11 is 6.27. The topological polar surface area (TPSA) is 93.9 Å². The molecule has 2 aromatic heterocycles. The summed E-state index contributed by atoms with van der Waals surface area (Å²) in [5.74, 6) is 0.720. The van der Waals surface area contributed by atoms with Gasteiger partial charge in [0.05, 0.1) is 22.2 Å². The Morgan fingerprint density at radius 2 is 1.97 bits per heavy atom. The monoisotopic (exact) mass is 435 g/mol. The molecule has 31 heavy (non-hydrogen) atoms. The number of likely N-dealkylation sites (tertiary alicyclic amines) is 1. The lowest BCUT2D eigenvalue weighted by Gasteiger charge is -2.17. The van der Waals surface area contributed by atoms with Gasteiger partial charge in [0, 0.05) is 36.5 Å². The number of carbonyl (C=O) groups excluding carboxylic acids is 1. The van der Waals surface area contributed by atoms with Crippen LogP contribution in [-0.2, 0) is 4.79 Å². The van der Waals surface area contributed by atoms with Crippen molar-refractivity contribution in [2.75, 3.05) is 25.0 Å². The van der Waals surface area contributed by atoms with Gasteiger partial charge < -0.3 is 20.2 Å². The Bertz CT molecular complexity index is 1310. The van der Waals surface area contributed by atoms with Gasteiger partial charge in [0.25, 0.3) is 5.56 Å². The fraction of sp³-hybridized carbons (Fsp3) is 0.261. The number of hydrogen-bond donors (Lipinski definition) is 3. The van der Waals surface area contributed by atoms with E-state index in [1.165, 1.54) is 0 Å². The Kier molecular flexibility index (Phi) is 5.11. The highest BCUT2D eigenvalue weighted by molar-refractivity contribution is 6.31. The van der Waals surface area contributed by atoms with Gasteiger partial charge in [-0.1, -0.05) is 23.7 Å². The van der Waals surface area contributed by atoms with E-state index in [2.05, 4.69) is 20.3 Å². The Hall–Kier alpha value is -3.32. The molecule has 1 fully saturated rings. The van der Waals surface area contributed by atoms with E-state index in [-0.39, 0.29) is 11.5 Å². The van der Waals surface area contributed by atoms with Gasteiger partial charge in [0.15, 0.2) is 0 Å². The number of hydrogen-bond acceptors (Lipinski definition) is 4. The molecule has 0 atom stereocenters. The fourth-order valence-electron chi connectivity index (χ4n) is 4.17. The number of nitrogens with zero attached hydrogens (tertiary/aromatic N) is 2. The molecule has 0 saturated carbocycles. The number of anilines is 1. The standard InChI is InChI=1S/C23H22ClN5O2/c24-14-8-9-16-15(13-14)21(25-10-4-12-29-11-3-7-19(29)30)20(23(31)28-16)22-26-17-5-1-2-6-18(17)27-22/h1-2,5-6,8-9,13H,3-4,7,10-12H2,(H,26,27)(H2,25,28,31). The first kappa shape index (κ1) is 19.6. The molecule has 0 spiro atoms. The Labute approximate surface area is 183 Å². The molecule has 0 unspecified atom stereocenters. The van der Waals surface area contributed by atoms with E-state index in [1.807, 2.05) is 35.2 Å². The summed E-state index contributed by atoms with van der Waals surface area (Å²) in [6.07, 6.45) is 2.35. The smallest absolute Gasteiger partial charge is 0.261 e. The van der Waals surface area contributed by atoms with E-state index in [1.54, 1.807) is 12.1 Å². The predicted octanol–water partition coefficient (Wildman–Crippen LogP) is 4.15. The van der Waals surface area contributed by atoms with Gasteiger partial charge in [-0.25, -0.2) is 4.98 Å². The van der Waals surface area contributed by atoms with Crippen molar-refractivity contribution in [2.24, 2.45) is 0 Å². The van der Waals surface area contributed by atoms with Crippen LogP contribution in [0.4, 0.5) is 5.69 Å². The van der Waals surface area contributed by atoms with Gasteiger partial charge >= 0.3 is 0 Å². The van der Waals surface area contributed by atoms with Crippen LogP contribution in [0.1, 0.15) is 19.3 Å². The highest BCUT2D eigenvalue weighted by Crippen LogP contribution is 2.32. The second kappa shape index (κ2) is 8.07. The first-order valence-electron chi connectivity index (χ1n) is 10.4. The van der Waals surface area contributed by atoms with E-state index >= 15 is 0 Å². The van der Waals surface area contributed by atoms with E-state index in [0.717, 1.165) is 35.8 Å². The zero-order valence-electron chi connectivity index (χ0n) is 16.9. The van der Waals surface area contributed by atoms with Crippen molar-refractivity contribution >= 4 is 45.1 Å². The number of benzene rings is 2. The zero-order chi connectivity index (χ0) is 21.4. The summed E-state index contributed by atoms with van der Waals surface area (Å²) in [5, 5.41) is 4.83. The van der Waals surface area contributed by atoms with Crippen molar-refractivity contribution in [1.29, 1.82) is 0 Å². The number of halogens is 1. The van der Waals surface area contributed by atoms with Crippen LogP contribution < -0.4 is 10.9 Å². The number of carbonyl (C=O) groups is 1. The number of fused-ring (bicyclic) bond motifs is 2. The number of rotatable bonds is 6. The van der Waals surface area contributed by atoms with Gasteiger partial charge in [-0.05, 0) is 43.2 Å². The molecule has 1 aliphatic rings. The van der Waals surface area contributed by atoms with Crippen molar-refractivity contribution in [1.82, 2.24) is 19.9 Å². The van der Waals surface area contributed by atoms with Crippen LogP contribution in [0.5, 0.6) is 0 Å². The number of amides is 1. The highest BCUT2D eigenvalue weighted by atomic mass is 35.5. The van der Waals surface area contributed by atoms with E-state index in [0.29, 0.717) is 47.1 Å². The Balaban J connectivity index is 1.53. The molecular weight excluding hydrogens is 414 g/mol. The summed E-state index contributed by atoms with van der Waals surface area (Å²) in [4.78, 5) is 37.6. The molecular formula is C23H22ClN5O2. The quantitative estimate of drug-likeness (QED) is 0.396.